The molecule has 1 heterocycles. The van der Waals surface area contributed by atoms with Crippen molar-refractivity contribution in [3.63, 3.8) is 0 Å². The molecule has 5 amide bonds. The maximum Gasteiger partial charge on any atom is 0.408 e. The van der Waals surface area contributed by atoms with Crippen LogP contribution in [0, 0.1) is 11.3 Å². The highest BCUT2D eigenvalue weighted by Crippen LogP contribution is 2.23. The summed E-state index contributed by atoms with van der Waals surface area (Å²) in [6.07, 6.45) is 1.01. The number of nitriles is 1. The van der Waals surface area contributed by atoms with Crippen LogP contribution >= 0.6 is 0 Å². The first-order valence-electron chi connectivity index (χ1n) is 12.0. The number of carbonyl (C=O) groups excluding carboxylic acids is 4. The lowest BCUT2D eigenvalue weighted by molar-refractivity contribution is -0.133. The van der Waals surface area contributed by atoms with Gasteiger partial charge in [0.05, 0.1) is 23.9 Å². The monoisotopic (exact) mass is 500 g/mol. The Morgan fingerprint density at radius 2 is 1.94 bits per heavy atom. The summed E-state index contributed by atoms with van der Waals surface area (Å²) in [5, 5.41) is 12.0. The number of benzene rings is 1. The third-order valence-corrected chi connectivity index (χ3v) is 5.60. The van der Waals surface area contributed by atoms with Crippen molar-refractivity contribution >= 4 is 29.6 Å². The number of likely N-dealkylation sites (tertiary alicyclic amines) is 1. The number of rotatable bonds is 8. The molecule has 1 aromatic rings. The fourth-order valence-corrected chi connectivity index (χ4v) is 4.02. The summed E-state index contributed by atoms with van der Waals surface area (Å²) in [5.74, 6) is -1.14. The standard InChI is InChI=1S/C25H36N6O5/c1-6-13-31(20-12-8-7-11-18(20)21(27)32)24(35)29(5)16-19(28-23(34)36-25(2,3)4)22(33)30-14-9-10-17(30)15-26/h7-8,11-12,17,19H,6,9-10,13-14,16H2,1-5H3,(H2,27,32)(H,28,34). The Balaban J connectivity index is 2.32. The van der Waals surface area contributed by atoms with Gasteiger partial charge in [-0.3, -0.25) is 14.5 Å². The maximum absolute atomic E-state index is 13.5. The number of primary amides is 1. The smallest absolute Gasteiger partial charge is 0.408 e. The largest absolute Gasteiger partial charge is 0.444 e. The zero-order valence-electron chi connectivity index (χ0n) is 21.6. The number of likely N-dealkylation sites (N-methyl/N-ethyl adjacent to an activating group) is 1. The summed E-state index contributed by atoms with van der Waals surface area (Å²) in [6, 6.07) is 6.43. The third kappa shape index (κ3) is 7.34. The lowest BCUT2D eigenvalue weighted by Gasteiger charge is -2.33. The lowest BCUT2D eigenvalue weighted by atomic mass is 10.1. The van der Waals surface area contributed by atoms with Gasteiger partial charge in [0.1, 0.15) is 17.7 Å². The number of hydrogen-bond acceptors (Lipinski definition) is 6. The highest BCUT2D eigenvalue weighted by molar-refractivity contribution is 6.03. The Bertz CT molecular complexity index is 1010. The lowest BCUT2D eigenvalue weighted by Crippen LogP contribution is -2.56. The first kappa shape index (κ1) is 28.4. The van der Waals surface area contributed by atoms with Gasteiger partial charge >= 0.3 is 12.1 Å². The third-order valence-electron chi connectivity index (χ3n) is 5.60. The Morgan fingerprint density at radius 1 is 1.28 bits per heavy atom. The molecule has 3 N–H and O–H groups in total. The van der Waals surface area contributed by atoms with Crippen molar-refractivity contribution in [3.8, 4) is 6.07 Å². The van der Waals surface area contributed by atoms with E-state index in [0.29, 0.717) is 38.0 Å². The van der Waals surface area contributed by atoms with Crippen LogP contribution in [0.4, 0.5) is 15.3 Å². The Hall–Kier alpha value is -3.81. The van der Waals surface area contributed by atoms with Crippen LogP contribution in [0.5, 0.6) is 0 Å². The number of nitrogens with one attached hydrogen (secondary N) is 1. The Kier molecular flexibility index (Phi) is 9.67. The van der Waals surface area contributed by atoms with Crippen LogP contribution in [0.15, 0.2) is 24.3 Å². The van der Waals surface area contributed by atoms with Crippen LogP contribution in [-0.4, -0.2) is 78.1 Å². The molecule has 1 aromatic carbocycles. The minimum atomic E-state index is -1.14. The van der Waals surface area contributed by atoms with E-state index in [2.05, 4.69) is 11.4 Å². The SMILES string of the molecule is CCCN(C(=O)N(C)CC(NC(=O)OC(C)(C)C)C(=O)N1CCCC1C#N)c1ccccc1C(N)=O. The number of para-hydroxylation sites is 1. The van der Waals surface area contributed by atoms with E-state index in [0.717, 1.165) is 0 Å². The normalized spacial score (nSPS) is 16.0. The summed E-state index contributed by atoms with van der Waals surface area (Å²) < 4.78 is 5.32. The second-order valence-corrected chi connectivity index (χ2v) is 9.71. The van der Waals surface area contributed by atoms with E-state index in [1.807, 2.05) is 6.92 Å². The molecule has 11 heteroatoms. The molecule has 1 saturated heterocycles. The van der Waals surface area contributed by atoms with Crippen molar-refractivity contribution in [3.05, 3.63) is 29.8 Å². The van der Waals surface area contributed by atoms with Gasteiger partial charge in [-0.1, -0.05) is 19.1 Å². The van der Waals surface area contributed by atoms with Crippen LogP contribution in [0.2, 0.25) is 0 Å². The molecule has 1 aliphatic heterocycles. The molecule has 196 valence electrons. The number of urea groups is 1. The summed E-state index contributed by atoms with van der Waals surface area (Å²) in [4.78, 5) is 55.5. The van der Waals surface area contributed by atoms with Gasteiger partial charge in [0.15, 0.2) is 0 Å². The predicted octanol–water partition coefficient (Wildman–Crippen LogP) is 2.46. The minimum absolute atomic E-state index is 0.176. The van der Waals surface area contributed by atoms with Gasteiger partial charge in [-0.2, -0.15) is 5.26 Å². The van der Waals surface area contributed by atoms with E-state index in [-0.39, 0.29) is 12.1 Å². The summed E-state index contributed by atoms with van der Waals surface area (Å²) >= 11 is 0. The molecular weight excluding hydrogens is 464 g/mol. The van der Waals surface area contributed by atoms with Crippen molar-refractivity contribution in [2.45, 2.75) is 64.6 Å². The number of ether oxygens (including phenoxy) is 1. The summed E-state index contributed by atoms with van der Waals surface area (Å²) in [5.41, 5.74) is 5.28. The van der Waals surface area contributed by atoms with Crippen molar-refractivity contribution in [1.29, 1.82) is 5.26 Å². The molecule has 0 spiro atoms. The molecule has 11 nitrogen and oxygen atoms in total. The number of anilines is 1. The predicted molar refractivity (Wildman–Crippen MR) is 134 cm³/mol. The second kappa shape index (κ2) is 12.2. The Labute approximate surface area is 212 Å². The number of hydrogen-bond donors (Lipinski definition) is 2. The van der Waals surface area contributed by atoms with Crippen molar-refractivity contribution in [1.82, 2.24) is 15.1 Å². The van der Waals surface area contributed by atoms with E-state index < -0.39 is 41.6 Å². The maximum atomic E-state index is 13.5. The minimum Gasteiger partial charge on any atom is -0.444 e. The van der Waals surface area contributed by atoms with Crippen LogP contribution in [0.3, 0.4) is 0 Å². The highest BCUT2D eigenvalue weighted by atomic mass is 16.6. The molecule has 2 atom stereocenters. The van der Waals surface area contributed by atoms with Gasteiger partial charge in [-0.25, -0.2) is 9.59 Å². The Morgan fingerprint density at radius 3 is 2.53 bits per heavy atom. The molecule has 2 rings (SSSR count). The molecule has 0 aliphatic carbocycles. The molecule has 0 bridgehead atoms. The van der Waals surface area contributed by atoms with Crippen LogP contribution < -0.4 is 16.0 Å². The van der Waals surface area contributed by atoms with E-state index >= 15 is 0 Å². The van der Waals surface area contributed by atoms with Crippen molar-refractivity contribution in [2.75, 3.05) is 31.6 Å². The zero-order valence-corrected chi connectivity index (χ0v) is 21.6. The molecule has 0 aromatic heterocycles. The molecule has 2 unspecified atom stereocenters. The number of carbonyl (C=O) groups is 4. The average Bonchev–Trinajstić information content (AvgIpc) is 3.28. The van der Waals surface area contributed by atoms with E-state index in [9.17, 15) is 24.4 Å². The molecule has 1 fully saturated rings. The topological polar surface area (TPSA) is 149 Å². The van der Waals surface area contributed by atoms with Gasteiger partial charge in [0.25, 0.3) is 5.91 Å². The van der Waals surface area contributed by atoms with Gasteiger partial charge in [0, 0.05) is 20.1 Å². The van der Waals surface area contributed by atoms with Crippen LogP contribution in [0.1, 0.15) is 57.3 Å². The molecule has 36 heavy (non-hydrogen) atoms. The number of nitrogens with two attached hydrogens (primary N) is 1. The van der Waals surface area contributed by atoms with Gasteiger partial charge in [0.2, 0.25) is 5.91 Å². The molecule has 1 aliphatic rings. The van der Waals surface area contributed by atoms with Gasteiger partial charge < -0.3 is 25.6 Å². The molecule has 0 radical (unpaired) electrons. The fourth-order valence-electron chi connectivity index (χ4n) is 4.02. The van der Waals surface area contributed by atoms with Crippen LogP contribution in [-0.2, 0) is 9.53 Å². The van der Waals surface area contributed by atoms with Gasteiger partial charge in [-0.05, 0) is 52.2 Å². The van der Waals surface area contributed by atoms with Gasteiger partial charge in [-0.15, -0.1) is 0 Å². The van der Waals surface area contributed by atoms with Crippen molar-refractivity contribution in [2.24, 2.45) is 5.73 Å². The number of alkyl carbamates (subject to hydrolysis) is 1. The number of amides is 5. The first-order valence-corrected chi connectivity index (χ1v) is 12.0. The summed E-state index contributed by atoms with van der Waals surface area (Å²) in [7, 11) is 1.50. The highest BCUT2D eigenvalue weighted by Gasteiger charge is 2.36. The van der Waals surface area contributed by atoms with E-state index in [1.165, 1.54) is 21.7 Å². The van der Waals surface area contributed by atoms with Crippen LogP contribution in [0.25, 0.3) is 0 Å². The number of nitrogens with zero attached hydrogens (tertiary/aromatic N) is 4. The fraction of sp³-hybridized carbons (Fsp3) is 0.560. The molecule has 0 saturated carbocycles. The molecular formula is C25H36N6O5. The van der Waals surface area contributed by atoms with Crippen molar-refractivity contribution < 1.29 is 23.9 Å². The van der Waals surface area contributed by atoms with E-state index in [4.69, 9.17) is 10.5 Å². The first-order chi connectivity index (χ1) is 16.9. The second-order valence-electron chi connectivity index (χ2n) is 9.71. The summed E-state index contributed by atoms with van der Waals surface area (Å²) in [6.45, 7) is 7.49. The van der Waals surface area contributed by atoms with E-state index in [1.54, 1.807) is 45.0 Å². The quantitative estimate of drug-likeness (QED) is 0.560. The zero-order chi connectivity index (χ0) is 27.0. The average molecular weight is 501 g/mol.